The minimum absolute atomic E-state index is 0.132. The summed E-state index contributed by atoms with van der Waals surface area (Å²) in [5, 5.41) is 9.89. The van der Waals surface area contributed by atoms with Gasteiger partial charge in [-0.15, -0.1) is 0 Å². The third-order valence-corrected chi connectivity index (χ3v) is 5.11. The number of hydrogen-bond donors (Lipinski definition) is 1. The van der Waals surface area contributed by atoms with Gasteiger partial charge in [-0.2, -0.15) is 0 Å². The van der Waals surface area contributed by atoms with E-state index in [4.69, 9.17) is 0 Å². The summed E-state index contributed by atoms with van der Waals surface area (Å²) in [6.07, 6.45) is 4.03. The molecule has 0 bridgehead atoms. The number of piperazine rings is 1. The standard InChI is InChI=1S/C14H26N2O2/c1-13(2)6-4-5-7-14(13,12(17)18)16-10-8-15(3)9-11-16/h4-11H2,1-3H3,(H,17,18). The normalized spacial score (nSPS) is 34.4. The van der Waals surface area contributed by atoms with E-state index in [0.717, 1.165) is 51.9 Å². The van der Waals surface area contributed by atoms with E-state index in [1.54, 1.807) is 0 Å². The minimum atomic E-state index is -0.646. The van der Waals surface area contributed by atoms with Crippen LogP contribution in [0.2, 0.25) is 0 Å². The van der Waals surface area contributed by atoms with Crippen LogP contribution in [-0.2, 0) is 4.79 Å². The molecule has 0 aromatic heterocycles. The topological polar surface area (TPSA) is 43.8 Å². The summed E-state index contributed by atoms with van der Waals surface area (Å²) in [7, 11) is 2.11. The Hall–Kier alpha value is -0.610. The summed E-state index contributed by atoms with van der Waals surface area (Å²) in [6.45, 7) is 7.99. The summed E-state index contributed by atoms with van der Waals surface area (Å²) in [4.78, 5) is 16.5. The fourth-order valence-electron chi connectivity index (χ4n) is 3.80. The highest BCUT2D eigenvalue weighted by Gasteiger charge is 2.56. The summed E-state index contributed by atoms with van der Waals surface area (Å²) in [5.41, 5.74) is -0.778. The molecule has 4 heteroatoms. The van der Waals surface area contributed by atoms with Crippen LogP contribution in [0.25, 0.3) is 0 Å². The van der Waals surface area contributed by atoms with Crippen molar-refractivity contribution < 1.29 is 9.90 Å². The Morgan fingerprint density at radius 3 is 2.11 bits per heavy atom. The van der Waals surface area contributed by atoms with Crippen LogP contribution in [0.3, 0.4) is 0 Å². The highest BCUT2D eigenvalue weighted by molar-refractivity contribution is 5.80. The summed E-state index contributed by atoms with van der Waals surface area (Å²) in [5.74, 6) is -0.614. The maximum absolute atomic E-state index is 12.0. The molecule has 18 heavy (non-hydrogen) atoms. The largest absolute Gasteiger partial charge is 0.480 e. The van der Waals surface area contributed by atoms with Crippen LogP contribution >= 0.6 is 0 Å². The Morgan fingerprint density at radius 2 is 1.61 bits per heavy atom. The van der Waals surface area contributed by atoms with Gasteiger partial charge >= 0.3 is 5.97 Å². The summed E-state index contributed by atoms with van der Waals surface area (Å²) >= 11 is 0. The number of likely N-dealkylation sites (N-methyl/N-ethyl adjacent to an activating group) is 1. The molecule has 1 aliphatic carbocycles. The average Bonchev–Trinajstić information content (AvgIpc) is 2.30. The van der Waals surface area contributed by atoms with Gasteiger partial charge in [-0.25, -0.2) is 0 Å². The quantitative estimate of drug-likeness (QED) is 0.814. The summed E-state index contributed by atoms with van der Waals surface area (Å²) in [6, 6.07) is 0. The second-order valence-electron chi connectivity index (χ2n) is 6.55. The van der Waals surface area contributed by atoms with Crippen LogP contribution in [-0.4, -0.2) is 59.6 Å². The maximum Gasteiger partial charge on any atom is 0.324 e. The van der Waals surface area contributed by atoms with Gasteiger partial charge in [-0.05, 0) is 25.3 Å². The van der Waals surface area contributed by atoms with Gasteiger partial charge in [0.25, 0.3) is 0 Å². The van der Waals surface area contributed by atoms with Gasteiger partial charge in [0, 0.05) is 26.2 Å². The van der Waals surface area contributed by atoms with Gasteiger partial charge in [0.2, 0.25) is 0 Å². The molecule has 1 saturated heterocycles. The van der Waals surface area contributed by atoms with Gasteiger partial charge in [0.15, 0.2) is 0 Å². The Labute approximate surface area is 110 Å². The van der Waals surface area contributed by atoms with E-state index in [9.17, 15) is 9.90 Å². The zero-order valence-electron chi connectivity index (χ0n) is 11.9. The molecule has 1 unspecified atom stereocenters. The molecule has 4 nitrogen and oxygen atoms in total. The SMILES string of the molecule is CN1CCN(C2(C(=O)O)CCCCC2(C)C)CC1. The van der Waals surface area contributed by atoms with Crippen molar-refractivity contribution in [3.63, 3.8) is 0 Å². The molecule has 2 fully saturated rings. The fraction of sp³-hybridized carbons (Fsp3) is 0.929. The van der Waals surface area contributed by atoms with Crippen molar-refractivity contribution >= 4 is 5.97 Å². The van der Waals surface area contributed by atoms with Gasteiger partial charge in [-0.1, -0.05) is 26.7 Å². The molecule has 2 rings (SSSR count). The number of carboxylic acids is 1. The van der Waals surface area contributed by atoms with Crippen molar-refractivity contribution in [1.82, 2.24) is 9.80 Å². The second-order valence-corrected chi connectivity index (χ2v) is 6.55. The van der Waals surface area contributed by atoms with Gasteiger partial charge in [0.05, 0.1) is 0 Å². The number of carboxylic acid groups (broad SMARTS) is 1. The van der Waals surface area contributed by atoms with E-state index >= 15 is 0 Å². The van der Waals surface area contributed by atoms with Crippen LogP contribution in [0.5, 0.6) is 0 Å². The first-order chi connectivity index (χ1) is 8.40. The molecular formula is C14H26N2O2. The van der Waals surface area contributed by atoms with E-state index in [1.807, 2.05) is 0 Å². The van der Waals surface area contributed by atoms with Crippen molar-refractivity contribution in [2.45, 2.75) is 45.1 Å². The second kappa shape index (κ2) is 4.82. The smallest absolute Gasteiger partial charge is 0.324 e. The first-order valence-electron chi connectivity index (χ1n) is 7.07. The molecule has 0 aromatic rings. The third kappa shape index (κ3) is 2.05. The van der Waals surface area contributed by atoms with Crippen LogP contribution in [0.15, 0.2) is 0 Å². The highest BCUT2D eigenvalue weighted by atomic mass is 16.4. The molecule has 2 aliphatic rings. The van der Waals surface area contributed by atoms with Crippen molar-refractivity contribution in [3.05, 3.63) is 0 Å². The van der Waals surface area contributed by atoms with E-state index in [-0.39, 0.29) is 5.41 Å². The lowest BCUT2D eigenvalue weighted by atomic mass is 9.62. The lowest BCUT2D eigenvalue weighted by molar-refractivity contribution is -0.168. The van der Waals surface area contributed by atoms with Gasteiger partial charge < -0.3 is 10.0 Å². The predicted octanol–water partition coefficient (Wildman–Crippen LogP) is 1.66. The van der Waals surface area contributed by atoms with Crippen molar-refractivity contribution in [2.75, 3.05) is 33.2 Å². The van der Waals surface area contributed by atoms with Gasteiger partial charge in [-0.3, -0.25) is 9.69 Å². The monoisotopic (exact) mass is 254 g/mol. The number of rotatable bonds is 2. The molecule has 1 N–H and O–H groups in total. The first-order valence-corrected chi connectivity index (χ1v) is 7.07. The molecule has 1 heterocycles. The number of carbonyl (C=O) groups is 1. The third-order valence-electron chi connectivity index (χ3n) is 5.11. The number of nitrogens with zero attached hydrogens (tertiary/aromatic N) is 2. The molecule has 1 atom stereocenters. The van der Waals surface area contributed by atoms with Crippen LogP contribution in [0, 0.1) is 5.41 Å². The molecule has 1 saturated carbocycles. The van der Waals surface area contributed by atoms with E-state index in [2.05, 4.69) is 30.7 Å². The van der Waals surface area contributed by atoms with Crippen molar-refractivity contribution in [2.24, 2.45) is 5.41 Å². The molecule has 0 aromatic carbocycles. The number of aliphatic carboxylic acids is 1. The van der Waals surface area contributed by atoms with Crippen molar-refractivity contribution in [3.8, 4) is 0 Å². The van der Waals surface area contributed by atoms with E-state index in [0.29, 0.717) is 0 Å². The molecular weight excluding hydrogens is 228 g/mol. The Balaban J connectivity index is 2.28. The fourth-order valence-corrected chi connectivity index (χ4v) is 3.80. The molecule has 0 radical (unpaired) electrons. The molecule has 1 aliphatic heterocycles. The van der Waals surface area contributed by atoms with Crippen LogP contribution in [0.4, 0.5) is 0 Å². The molecule has 0 amide bonds. The van der Waals surface area contributed by atoms with Crippen LogP contribution in [0.1, 0.15) is 39.5 Å². The lowest BCUT2D eigenvalue weighted by Gasteiger charge is -2.55. The average molecular weight is 254 g/mol. The highest BCUT2D eigenvalue weighted by Crippen LogP contribution is 2.48. The van der Waals surface area contributed by atoms with Gasteiger partial charge in [0.1, 0.15) is 5.54 Å². The van der Waals surface area contributed by atoms with Crippen LogP contribution < -0.4 is 0 Å². The molecule has 0 spiro atoms. The predicted molar refractivity (Wildman–Crippen MR) is 71.7 cm³/mol. The number of hydrogen-bond acceptors (Lipinski definition) is 3. The lowest BCUT2D eigenvalue weighted by Crippen LogP contribution is -2.67. The Bertz CT molecular complexity index is 322. The zero-order chi connectivity index (χ0) is 13.4. The molecule has 104 valence electrons. The maximum atomic E-state index is 12.0. The Kier molecular flexibility index (Phi) is 3.70. The Morgan fingerprint density at radius 1 is 1.06 bits per heavy atom. The minimum Gasteiger partial charge on any atom is -0.480 e. The van der Waals surface area contributed by atoms with E-state index in [1.165, 1.54) is 0 Å². The summed E-state index contributed by atoms with van der Waals surface area (Å²) < 4.78 is 0. The van der Waals surface area contributed by atoms with E-state index < -0.39 is 11.5 Å². The first kappa shape index (κ1) is 13.8. The zero-order valence-corrected chi connectivity index (χ0v) is 11.9. The van der Waals surface area contributed by atoms with Crippen molar-refractivity contribution in [1.29, 1.82) is 0 Å².